The average Bonchev–Trinajstić information content (AvgIpc) is 3.04. The molecule has 0 amide bonds. The van der Waals surface area contributed by atoms with Gasteiger partial charge in [0.1, 0.15) is 11.7 Å². The van der Waals surface area contributed by atoms with Crippen molar-refractivity contribution < 1.29 is 23.5 Å². The first-order valence-corrected chi connectivity index (χ1v) is 12.1. The topological polar surface area (TPSA) is 96.0 Å². The highest BCUT2D eigenvalue weighted by atomic mass is 19.3. The van der Waals surface area contributed by atoms with Gasteiger partial charge in [0, 0.05) is 67.9 Å². The van der Waals surface area contributed by atoms with Gasteiger partial charge in [0.15, 0.2) is 5.78 Å². The van der Waals surface area contributed by atoms with Gasteiger partial charge in [-0.25, -0.2) is 13.8 Å². The molecule has 0 spiro atoms. The van der Waals surface area contributed by atoms with Crippen LogP contribution in [0.2, 0.25) is 0 Å². The minimum absolute atomic E-state index is 0.0837. The van der Waals surface area contributed by atoms with Crippen LogP contribution in [0.25, 0.3) is 11.0 Å². The van der Waals surface area contributed by atoms with Crippen LogP contribution in [0, 0.1) is 35.0 Å². The lowest BCUT2D eigenvalue weighted by atomic mass is 9.82. The van der Waals surface area contributed by atoms with Crippen LogP contribution in [0.5, 0.6) is 0 Å². The number of nitriles is 1. The van der Waals surface area contributed by atoms with E-state index in [1.165, 1.54) is 6.20 Å². The third-order valence-corrected chi connectivity index (χ3v) is 6.47. The summed E-state index contributed by atoms with van der Waals surface area (Å²) in [6, 6.07) is 3.74. The highest BCUT2D eigenvalue weighted by Crippen LogP contribution is 2.41. The summed E-state index contributed by atoms with van der Waals surface area (Å²) < 4.78 is 27.6. The largest absolute Gasteiger partial charge is 0.481 e. The molecule has 1 fully saturated rings. The van der Waals surface area contributed by atoms with Crippen molar-refractivity contribution in [2.75, 3.05) is 0 Å². The number of aliphatic carboxylic acids is 1. The summed E-state index contributed by atoms with van der Waals surface area (Å²) in [5, 5.41) is 19.0. The molecule has 35 heavy (non-hydrogen) atoms. The molecule has 1 aliphatic carbocycles. The van der Waals surface area contributed by atoms with Crippen LogP contribution in [0.15, 0.2) is 12.3 Å². The van der Waals surface area contributed by atoms with Crippen molar-refractivity contribution in [1.29, 1.82) is 5.26 Å². The SMILES string of the molecule is C[C@@H](CC(=O)O)CC(=O)c1c(CCCCCCC#CC2CC(F)(F)C2)n(C)c2ncc(C#N)cc12. The fourth-order valence-electron chi connectivity index (χ4n) is 4.65. The van der Waals surface area contributed by atoms with Crippen LogP contribution in [0.4, 0.5) is 8.78 Å². The molecular formula is C27H31F2N3O3. The van der Waals surface area contributed by atoms with Crippen LogP contribution < -0.4 is 0 Å². The number of hydrogen-bond donors (Lipinski definition) is 1. The maximum absolute atomic E-state index is 13.2. The number of carboxylic acids is 1. The molecule has 1 aliphatic rings. The third kappa shape index (κ3) is 6.88. The molecule has 3 rings (SSSR count). The molecule has 6 nitrogen and oxygen atoms in total. The number of alkyl halides is 2. The molecular weight excluding hydrogens is 452 g/mol. The Morgan fingerprint density at radius 2 is 1.97 bits per heavy atom. The second-order valence-electron chi connectivity index (χ2n) is 9.61. The van der Waals surface area contributed by atoms with Gasteiger partial charge in [-0.3, -0.25) is 9.59 Å². The van der Waals surface area contributed by atoms with Crippen molar-refractivity contribution in [3.05, 3.63) is 29.1 Å². The molecule has 0 saturated heterocycles. The van der Waals surface area contributed by atoms with Gasteiger partial charge in [-0.05, 0) is 31.2 Å². The molecule has 186 valence electrons. The lowest BCUT2D eigenvalue weighted by Gasteiger charge is -2.31. The molecule has 0 aromatic carbocycles. The minimum Gasteiger partial charge on any atom is -0.481 e. The lowest BCUT2D eigenvalue weighted by molar-refractivity contribution is -0.137. The monoisotopic (exact) mass is 483 g/mol. The number of carboxylic acid groups (broad SMARTS) is 1. The fourth-order valence-corrected chi connectivity index (χ4v) is 4.65. The Kier molecular flexibility index (Phi) is 8.62. The molecule has 0 aliphatic heterocycles. The molecule has 0 bridgehead atoms. The van der Waals surface area contributed by atoms with Crippen LogP contribution in [0.3, 0.4) is 0 Å². The molecule has 1 atom stereocenters. The van der Waals surface area contributed by atoms with E-state index in [1.54, 1.807) is 13.0 Å². The minimum atomic E-state index is -2.53. The van der Waals surface area contributed by atoms with Gasteiger partial charge >= 0.3 is 5.97 Å². The summed E-state index contributed by atoms with van der Waals surface area (Å²) in [5.41, 5.74) is 2.38. The Morgan fingerprint density at radius 3 is 2.63 bits per heavy atom. The molecule has 0 unspecified atom stereocenters. The maximum Gasteiger partial charge on any atom is 0.303 e. The van der Waals surface area contributed by atoms with Crippen molar-refractivity contribution >= 4 is 22.8 Å². The molecule has 8 heteroatoms. The number of Topliss-reactive ketones (excluding diaryl/α,β-unsaturated/α-hetero) is 1. The summed E-state index contributed by atoms with van der Waals surface area (Å²) in [6.07, 6.45) is 6.27. The van der Waals surface area contributed by atoms with Crippen LogP contribution in [-0.4, -0.2) is 32.3 Å². The smallest absolute Gasteiger partial charge is 0.303 e. The summed E-state index contributed by atoms with van der Waals surface area (Å²) in [4.78, 5) is 28.7. The van der Waals surface area contributed by atoms with Gasteiger partial charge in [0.25, 0.3) is 5.92 Å². The summed E-state index contributed by atoms with van der Waals surface area (Å²) >= 11 is 0. The predicted molar refractivity (Wildman–Crippen MR) is 128 cm³/mol. The zero-order valence-corrected chi connectivity index (χ0v) is 20.2. The predicted octanol–water partition coefficient (Wildman–Crippen LogP) is 5.67. The van der Waals surface area contributed by atoms with E-state index in [2.05, 4.69) is 22.9 Å². The standard InChI is InChI=1S/C27H31F2N3O3/c1-18(12-24(34)35)11-23(33)25-21-13-20(16-30)17-31-26(21)32(2)22(25)10-8-6-4-3-5-7-9-19-14-27(28,29)15-19/h13,17-19H,3-6,8,10-12,14-15H2,1-2H3,(H,34,35)/t18-/m1/s1. The number of nitrogens with zero attached hydrogens (tertiary/aromatic N) is 3. The Balaban J connectivity index is 1.62. The van der Waals surface area contributed by atoms with Crippen LogP contribution in [-0.2, 0) is 18.3 Å². The quantitative estimate of drug-likeness (QED) is 0.252. The number of pyridine rings is 1. The van der Waals surface area contributed by atoms with E-state index in [9.17, 15) is 23.6 Å². The van der Waals surface area contributed by atoms with E-state index in [4.69, 9.17) is 5.11 Å². The highest BCUT2D eigenvalue weighted by molar-refractivity contribution is 6.09. The van der Waals surface area contributed by atoms with Crippen molar-refractivity contribution in [2.45, 2.75) is 77.1 Å². The fraction of sp³-hybridized carbons (Fsp3) is 0.556. The van der Waals surface area contributed by atoms with Gasteiger partial charge < -0.3 is 9.67 Å². The summed E-state index contributed by atoms with van der Waals surface area (Å²) in [6.45, 7) is 1.75. The van der Waals surface area contributed by atoms with Gasteiger partial charge in [0.2, 0.25) is 0 Å². The van der Waals surface area contributed by atoms with E-state index >= 15 is 0 Å². The first-order chi connectivity index (χ1) is 16.6. The van der Waals surface area contributed by atoms with E-state index in [-0.39, 0.29) is 43.3 Å². The Labute approximate surface area is 204 Å². The number of aryl methyl sites for hydroxylation is 1. The zero-order valence-electron chi connectivity index (χ0n) is 20.2. The first-order valence-electron chi connectivity index (χ1n) is 12.1. The number of ketones is 1. The van der Waals surface area contributed by atoms with Gasteiger partial charge in [-0.15, -0.1) is 5.92 Å². The van der Waals surface area contributed by atoms with Gasteiger partial charge in [-0.1, -0.05) is 25.7 Å². The highest BCUT2D eigenvalue weighted by Gasteiger charge is 2.44. The van der Waals surface area contributed by atoms with E-state index < -0.39 is 11.9 Å². The second-order valence-corrected chi connectivity index (χ2v) is 9.61. The molecule has 2 aromatic heterocycles. The number of aromatic nitrogens is 2. The van der Waals surface area contributed by atoms with E-state index in [1.807, 2.05) is 11.6 Å². The van der Waals surface area contributed by atoms with Crippen molar-refractivity contribution in [3.8, 4) is 17.9 Å². The third-order valence-electron chi connectivity index (χ3n) is 6.47. The molecule has 2 heterocycles. The van der Waals surface area contributed by atoms with Crippen LogP contribution >= 0.6 is 0 Å². The van der Waals surface area contributed by atoms with E-state index in [0.717, 1.165) is 31.4 Å². The molecule has 0 radical (unpaired) electrons. The maximum atomic E-state index is 13.2. The van der Waals surface area contributed by atoms with Crippen LogP contribution in [0.1, 0.15) is 86.3 Å². The van der Waals surface area contributed by atoms with Crippen molar-refractivity contribution in [1.82, 2.24) is 9.55 Å². The second kappa shape index (κ2) is 11.4. The van der Waals surface area contributed by atoms with E-state index in [0.29, 0.717) is 35.0 Å². The number of carbonyl (C=O) groups excluding carboxylic acids is 1. The number of unbranched alkanes of at least 4 members (excludes halogenated alkanes) is 4. The number of halogens is 2. The first kappa shape index (κ1) is 26.3. The number of fused-ring (bicyclic) bond motifs is 1. The average molecular weight is 484 g/mol. The lowest BCUT2D eigenvalue weighted by Crippen LogP contribution is -2.34. The summed E-state index contributed by atoms with van der Waals surface area (Å²) in [5.74, 6) is 1.89. The molecule has 1 saturated carbocycles. The Bertz CT molecular complexity index is 1190. The molecule has 1 N–H and O–H groups in total. The zero-order chi connectivity index (χ0) is 25.6. The Morgan fingerprint density at radius 1 is 1.26 bits per heavy atom. The van der Waals surface area contributed by atoms with Gasteiger partial charge in [0.05, 0.1) is 5.56 Å². The molecule has 2 aromatic rings. The normalized spacial score (nSPS) is 15.6. The number of rotatable bonds is 11. The number of hydrogen-bond acceptors (Lipinski definition) is 4. The Hall–Kier alpha value is -3.26. The van der Waals surface area contributed by atoms with Crippen molar-refractivity contribution in [2.24, 2.45) is 18.9 Å². The van der Waals surface area contributed by atoms with Crippen molar-refractivity contribution in [3.63, 3.8) is 0 Å². The number of carbonyl (C=O) groups is 2. The van der Waals surface area contributed by atoms with Gasteiger partial charge in [-0.2, -0.15) is 5.26 Å². The summed E-state index contributed by atoms with van der Waals surface area (Å²) in [7, 11) is 1.85.